The van der Waals surface area contributed by atoms with E-state index in [4.69, 9.17) is 9.47 Å². The van der Waals surface area contributed by atoms with Crippen molar-refractivity contribution in [3.05, 3.63) is 65.7 Å². The van der Waals surface area contributed by atoms with Gasteiger partial charge in [0.05, 0.1) is 31.1 Å². The Hall–Kier alpha value is -3.10. The summed E-state index contributed by atoms with van der Waals surface area (Å²) in [6.45, 7) is 2.68. The van der Waals surface area contributed by atoms with Crippen LogP contribution in [0.4, 0.5) is 5.69 Å². The number of benzene rings is 3. The molecular formula is C26H28N2O5S. The molecular weight excluding hydrogens is 452 g/mol. The molecule has 34 heavy (non-hydrogen) atoms. The van der Waals surface area contributed by atoms with Crippen LogP contribution >= 0.6 is 0 Å². The largest absolute Gasteiger partial charge is 0.496 e. The number of rotatable bonds is 5. The number of fused-ring (bicyclic) bond motifs is 2. The highest BCUT2D eigenvalue weighted by Gasteiger charge is 2.35. The van der Waals surface area contributed by atoms with E-state index in [1.807, 2.05) is 30.3 Å². The molecule has 7 nitrogen and oxygen atoms in total. The Morgan fingerprint density at radius 3 is 2.62 bits per heavy atom. The van der Waals surface area contributed by atoms with Crippen molar-refractivity contribution < 1.29 is 22.7 Å². The Morgan fingerprint density at radius 2 is 1.82 bits per heavy atom. The van der Waals surface area contributed by atoms with Gasteiger partial charge < -0.3 is 14.4 Å². The van der Waals surface area contributed by atoms with Crippen LogP contribution in [0.5, 0.6) is 5.75 Å². The van der Waals surface area contributed by atoms with E-state index in [2.05, 4.69) is 9.62 Å². The van der Waals surface area contributed by atoms with Crippen LogP contribution in [0, 0.1) is 0 Å². The number of methoxy groups -OCH3 is 1. The zero-order valence-corrected chi connectivity index (χ0v) is 19.9. The number of hydrogen-bond acceptors (Lipinski definition) is 6. The van der Waals surface area contributed by atoms with Gasteiger partial charge in [0.25, 0.3) is 10.0 Å². The monoisotopic (exact) mass is 480 g/mol. The van der Waals surface area contributed by atoms with Crippen LogP contribution in [0.15, 0.2) is 59.5 Å². The number of nitrogens with zero attached hydrogens (tertiary/aromatic N) is 1. The first-order valence-corrected chi connectivity index (χ1v) is 13.0. The lowest BCUT2D eigenvalue weighted by atomic mass is 9.80. The van der Waals surface area contributed by atoms with Crippen LogP contribution in [0.25, 0.3) is 10.8 Å². The second-order valence-electron chi connectivity index (χ2n) is 8.67. The summed E-state index contributed by atoms with van der Waals surface area (Å²) in [7, 11) is -2.43. The van der Waals surface area contributed by atoms with Gasteiger partial charge in [-0.05, 0) is 48.4 Å². The molecule has 1 atom stereocenters. The maximum absolute atomic E-state index is 13.5. The fourth-order valence-electron chi connectivity index (χ4n) is 5.13. The molecule has 8 heteroatoms. The smallest absolute Gasteiger partial charge is 0.264 e. The fraction of sp³-hybridized carbons (Fsp3) is 0.346. The lowest BCUT2D eigenvalue weighted by molar-refractivity contribution is -0.121. The highest BCUT2D eigenvalue weighted by Crippen LogP contribution is 2.43. The third-order valence-electron chi connectivity index (χ3n) is 6.72. The summed E-state index contributed by atoms with van der Waals surface area (Å²) >= 11 is 0. The molecule has 1 saturated heterocycles. The summed E-state index contributed by atoms with van der Waals surface area (Å²) in [6.07, 6.45) is 2.15. The van der Waals surface area contributed by atoms with Crippen LogP contribution in [0.1, 0.15) is 29.9 Å². The van der Waals surface area contributed by atoms with Gasteiger partial charge in [0.15, 0.2) is 0 Å². The van der Waals surface area contributed by atoms with Crippen LogP contribution < -0.4 is 14.4 Å². The summed E-state index contributed by atoms with van der Waals surface area (Å²) < 4.78 is 40.2. The summed E-state index contributed by atoms with van der Waals surface area (Å²) in [5.74, 6) is -0.348. The number of anilines is 1. The average molecular weight is 481 g/mol. The number of sulfonamides is 1. The van der Waals surface area contributed by atoms with E-state index in [1.165, 1.54) is 6.07 Å². The normalized spacial score (nSPS) is 18.4. The Morgan fingerprint density at radius 1 is 1.06 bits per heavy atom. The van der Waals surface area contributed by atoms with Gasteiger partial charge in [-0.15, -0.1) is 0 Å². The molecule has 1 heterocycles. The van der Waals surface area contributed by atoms with Crippen molar-refractivity contribution in [2.75, 3.05) is 38.3 Å². The summed E-state index contributed by atoms with van der Waals surface area (Å²) in [4.78, 5) is 15.9. The van der Waals surface area contributed by atoms with Gasteiger partial charge in [0.2, 0.25) is 5.91 Å². The number of amides is 1. The molecule has 1 unspecified atom stereocenters. The zero-order valence-electron chi connectivity index (χ0n) is 19.1. The van der Waals surface area contributed by atoms with Crippen molar-refractivity contribution in [1.82, 2.24) is 4.72 Å². The van der Waals surface area contributed by atoms with Gasteiger partial charge in [-0.3, -0.25) is 4.79 Å². The zero-order chi connectivity index (χ0) is 23.7. The van der Waals surface area contributed by atoms with Crippen LogP contribution in [-0.2, 0) is 26.0 Å². The predicted octanol–water partition coefficient (Wildman–Crippen LogP) is 3.61. The molecule has 0 spiro atoms. The molecule has 0 bridgehead atoms. The molecule has 0 aromatic heterocycles. The Balaban J connectivity index is 1.52. The Kier molecular flexibility index (Phi) is 6.18. The SMILES string of the molecule is COc1ccc(N2CCOCC2)c2c1CCCC2C(=O)NS(=O)(=O)c1cccc2ccccc12. The highest BCUT2D eigenvalue weighted by molar-refractivity contribution is 7.90. The van der Waals surface area contributed by atoms with Crippen LogP contribution in [0.3, 0.4) is 0 Å². The van der Waals surface area contributed by atoms with E-state index in [1.54, 1.807) is 25.3 Å². The molecule has 2 aliphatic rings. The molecule has 1 aliphatic heterocycles. The molecule has 3 aromatic rings. The number of morpholine rings is 1. The van der Waals surface area contributed by atoms with Gasteiger partial charge in [0, 0.05) is 29.7 Å². The van der Waals surface area contributed by atoms with Crippen molar-refractivity contribution in [2.24, 2.45) is 0 Å². The molecule has 5 rings (SSSR count). The minimum Gasteiger partial charge on any atom is -0.496 e. The van der Waals surface area contributed by atoms with Gasteiger partial charge >= 0.3 is 0 Å². The summed E-state index contributed by atoms with van der Waals surface area (Å²) in [5, 5.41) is 1.39. The second-order valence-corrected chi connectivity index (χ2v) is 10.3. The molecule has 0 saturated carbocycles. The number of nitrogens with one attached hydrogen (secondary N) is 1. The van der Waals surface area contributed by atoms with Crippen molar-refractivity contribution in [3.63, 3.8) is 0 Å². The quantitative estimate of drug-likeness (QED) is 0.601. The lowest BCUT2D eigenvalue weighted by Gasteiger charge is -2.35. The van der Waals surface area contributed by atoms with E-state index < -0.39 is 21.8 Å². The van der Waals surface area contributed by atoms with E-state index in [9.17, 15) is 13.2 Å². The number of carbonyl (C=O) groups is 1. The molecule has 1 fully saturated rings. The minimum atomic E-state index is -4.06. The van der Waals surface area contributed by atoms with E-state index >= 15 is 0 Å². The van der Waals surface area contributed by atoms with E-state index in [0.717, 1.165) is 53.9 Å². The number of carbonyl (C=O) groups excluding carboxylic acids is 1. The fourth-order valence-corrected chi connectivity index (χ4v) is 6.38. The first-order chi connectivity index (χ1) is 16.5. The van der Waals surface area contributed by atoms with Crippen LogP contribution in [0.2, 0.25) is 0 Å². The maximum Gasteiger partial charge on any atom is 0.264 e. The summed E-state index contributed by atoms with van der Waals surface area (Å²) in [6, 6.07) is 16.3. The lowest BCUT2D eigenvalue weighted by Crippen LogP contribution is -2.40. The van der Waals surface area contributed by atoms with Crippen LogP contribution in [-0.4, -0.2) is 47.7 Å². The maximum atomic E-state index is 13.5. The molecule has 1 aliphatic carbocycles. The molecule has 178 valence electrons. The van der Waals surface area contributed by atoms with Gasteiger partial charge in [-0.2, -0.15) is 0 Å². The van der Waals surface area contributed by atoms with E-state index in [0.29, 0.717) is 25.0 Å². The molecule has 3 aromatic carbocycles. The first-order valence-electron chi connectivity index (χ1n) is 11.6. The van der Waals surface area contributed by atoms with Crippen molar-refractivity contribution in [1.29, 1.82) is 0 Å². The highest BCUT2D eigenvalue weighted by atomic mass is 32.2. The van der Waals surface area contributed by atoms with Crippen molar-refractivity contribution in [2.45, 2.75) is 30.1 Å². The number of ether oxygens (including phenoxy) is 2. The summed E-state index contributed by atoms with van der Waals surface area (Å²) in [5.41, 5.74) is 2.82. The van der Waals surface area contributed by atoms with Gasteiger partial charge in [-0.1, -0.05) is 36.4 Å². The third kappa shape index (κ3) is 4.12. The van der Waals surface area contributed by atoms with E-state index in [-0.39, 0.29) is 4.90 Å². The topological polar surface area (TPSA) is 84.9 Å². The molecule has 0 radical (unpaired) electrons. The molecule has 1 amide bonds. The minimum absolute atomic E-state index is 0.106. The average Bonchev–Trinajstić information content (AvgIpc) is 2.87. The van der Waals surface area contributed by atoms with Gasteiger partial charge in [0.1, 0.15) is 5.75 Å². The Bertz CT molecular complexity index is 1330. The van der Waals surface area contributed by atoms with Gasteiger partial charge in [-0.25, -0.2) is 13.1 Å². The first kappa shape index (κ1) is 22.7. The molecule has 1 N–H and O–H groups in total. The third-order valence-corrected chi connectivity index (χ3v) is 8.13. The Labute approximate surface area is 199 Å². The van der Waals surface area contributed by atoms with Crippen molar-refractivity contribution in [3.8, 4) is 5.75 Å². The second kappa shape index (κ2) is 9.27. The van der Waals surface area contributed by atoms with Crippen molar-refractivity contribution >= 4 is 32.4 Å². The number of hydrogen-bond donors (Lipinski definition) is 1. The predicted molar refractivity (Wildman–Crippen MR) is 131 cm³/mol. The standard InChI is InChI=1S/C26H28N2O5S/c1-32-23-13-12-22(28-14-16-33-17-15-28)25-20(23)9-5-10-21(25)26(29)27-34(30,31)24-11-4-7-18-6-2-3-8-19(18)24/h2-4,6-8,11-13,21H,5,9-10,14-17H2,1H3,(H,27,29).